The standard InChI is InChI=1S/C16H24FNO3S/c1-2-3-9-18(15-8-10-22(20,21)12-15)11-16(19)13-4-6-14(17)7-5-13/h4-7,15-16,19H,2-3,8-12H2,1H3. The van der Waals surface area contributed by atoms with Gasteiger partial charge in [0.15, 0.2) is 9.84 Å². The Hall–Kier alpha value is -0.980. The molecule has 1 fully saturated rings. The molecule has 0 amide bonds. The maximum absolute atomic E-state index is 13.0. The van der Waals surface area contributed by atoms with Crippen LogP contribution in [-0.4, -0.2) is 49.1 Å². The van der Waals surface area contributed by atoms with Gasteiger partial charge in [0.25, 0.3) is 0 Å². The highest BCUT2D eigenvalue weighted by molar-refractivity contribution is 7.91. The van der Waals surface area contributed by atoms with Crippen LogP contribution in [0.1, 0.15) is 37.9 Å². The zero-order valence-corrected chi connectivity index (χ0v) is 13.7. The lowest BCUT2D eigenvalue weighted by Crippen LogP contribution is -2.39. The summed E-state index contributed by atoms with van der Waals surface area (Å²) in [5.74, 6) is 0.0699. The molecule has 1 saturated heterocycles. The zero-order chi connectivity index (χ0) is 16.2. The summed E-state index contributed by atoms with van der Waals surface area (Å²) in [6.45, 7) is 3.24. The lowest BCUT2D eigenvalue weighted by Gasteiger charge is -2.30. The molecule has 1 aromatic rings. The van der Waals surface area contributed by atoms with Gasteiger partial charge in [-0.05, 0) is 37.1 Å². The smallest absolute Gasteiger partial charge is 0.151 e. The predicted molar refractivity (Wildman–Crippen MR) is 84.9 cm³/mol. The van der Waals surface area contributed by atoms with Gasteiger partial charge < -0.3 is 5.11 Å². The van der Waals surface area contributed by atoms with E-state index in [1.165, 1.54) is 12.1 Å². The van der Waals surface area contributed by atoms with Crippen LogP contribution in [0.2, 0.25) is 0 Å². The molecule has 2 unspecified atom stereocenters. The molecule has 1 aromatic carbocycles. The number of sulfone groups is 1. The van der Waals surface area contributed by atoms with Crippen molar-refractivity contribution < 1.29 is 17.9 Å². The molecule has 2 atom stereocenters. The number of rotatable bonds is 7. The molecule has 22 heavy (non-hydrogen) atoms. The first-order valence-electron chi connectivity index (χ1n) is 7.79. The Morgan fingerprint density at radius 2 is 2.05 bits per heavy atom. The van der Waals surface area contributed by atoms with E-state index in [0.29, 0.717) is 18.5 Å². The van der Waals surface area contributed by atoms with Gasteiger partial charge in [0.1, 0.15) is 5.82 Å². The average molecular weight is 329 g/mol. The minimum Gasteiger partial charge on any atom is -0.387 e. The van der Waals surface area contributed by atoms with Gasteiger partial charge in [0.05, 0.1) is 17.6 Å². The van der Waals surface area contributed by atoms with Crippen LogP contribution in [0.5, 0.6) is 0 Å². The second kappa shape index (κ2) is 7.53. The van der Waals surface area contributed by atoms with E-state index in [1.807, 2.05) is 0 Å². The third-order valence-electron chi connectivity index (χ3n) is 4.19. The van der Waals surface area contributed by atoms with Crippen molar-refractivity contribution in [3.63, 3.8) is 0 Å². The number of nitrogens with zero attached hydrogens (tertiary/aromatic N) is 1. The number of aliphatic hydroxyl groups excluding tert-OH is 1. The van der Waals surface area contributed by atoms with Crippen LogP contribution in [0.15, 0.2) is 24.3 Å². The third kappa shape index (κ3) is 4.76. The molecule has 0 aliphatic carbocycles. The van der Waals surface area contributed by atoms with E-state index in [2.05, 4.69) is 11.8 Å². The van der Waals surface area contributed by atoms with E-state index in [-0.39, 0.29) is 23.4 Å². The Labute approximate surface area is 131 Å². The van der Waals surface area contributed by atoms with Crippen LogP contribution in [-0.2, 0) is 9.84 Å². The molecule has 0 aromatic heterocycles. The lowest BCUT2D eigenvalue weighted by atomic mass is 10.1. The second-order valence-electron chi connectivity index (χ2n) is 5.97. The Balaban J connectivity index is 2.04. The molecule has 4 nitrogen and oxygen atoms in total. The molecule has 1 N–H and O–H groups in total. The Morgan fingerprint density at radius 1 is 1.36 bits per heavy atom. The van der Waals surface area contributed by atoms with E-state index >= 15 is 0 Å². The van der Waals surface area contributed by atoms with Gasteiger partial charge in [-0.15, -0.1) is 0 Å². The summed E-state index contributed by atoms with van der Waals surface area (Å²) < 4.78 is 36.3. The number of hydrogen-bond acceptors (Lipinski definition) is 4. The maximum Gasteiger partial charge on any atom is 0.151 e. The molecular weight excluding hydrogens is 305 g/mol. The van der Waals surface area contributed by atoms with Crippen LogP contribution in [0.4, 0.5) is 4.39 Å². The highest BCUT2D eigenvalue weighted by Crippen LogP contribution is 2.22. The monoisotopic (exact) mass is 329 g/mol. The summed E-state index contributed by atoms with van der Waals surface area (Å²) in [5, 5.41) is 10.4. The fourth-order valence-corrected chi connectivity index (χ4v) is 4.62. The number of hydrogen-bond donors (Lipinski definition) is 1. The molecule has 6 heteroatoms. The van der Waals surface area contributed by atoms with Gasteiger partial charge in [-0.25, -0.2) is 12.8 Å². The second-order valence-corrected chi connectivity index (χ2v) is 8.20. The summed E-state index contributed by atoms with van der Waals surface area (Å²) in [4.78, 5) is 2.07. The van der Waals surface area contributed by atoms with Gasteiger partial charge in [-0.1, -0.05) is 25.5 Å². The summed E-state index contributed by atoms with van der Waals surface area (Å²) >= 11 is 0. The van der Waals surface area contributed by atoms with E-state index in [4.69, 9.17) is 0 Å². The minimum atomic E-state index is -2.94. The van der Waals surface area contributed by atoms with Crippen LogP contribution in [0.25, 0.3) is 0 Å². The van der Waals surface area contributed by atoms with Crippen molar-refractivity contribution in [1.29, 1.82) is 0 Å². The molecule has 0 spiro atoms. The molecule has 1 aliphatic rings. The quantitative estimate of drug-likeness (QED) is 0.833. The Morgan fingerprint density at radius 3 is 2.59 bits per heavy atom. The average Bonchev–Trinajstić information content (AvgIpc) is 2.84. The first-order chi connectivity index (χ1) is 10.4. The minimum absolute atomic E-state index is 0.0216. The van der Waals surface area contributed by atoms with E-state index in [0.717, 1.165) is 19.4 Å². The third-order valence-corrected chi connectivity index (χ3v) is 5.94. The first kappa shape index (κ1) is 17.4. The highest BCUT2D eigenvalue weighted by atomic mass is 32.2. The predicted octanol–water partition coefficient (Wildman–Crippen LogP) is 2.15. The van der Waals surface area contributed by atoms with Crippen molar-refractivity contribution in [1.82, 2.24) is 4.90 Å². The van der Waals surface area contributed by atoms with Gasteiger partial charge in [0.2, 0.25) is 0 Å². The van der Waals surface area contributed by atoms with E-state index < -0.39 is 15.9 Å². The Kier molecular flexibility index (Phi) is 5.94. The van der Waals surface area contributed by atoms with Crippen molar-refractivity contribution in [3.05, 3.63) is 35.6 Å². The molecule has 1 aliphatic heterocycles. The van der Waals surface area contributed by atoms with Gasteiger partial charge in [-0.2, -0.15) is 0 Å². The summed E-state index contributed by atoms with van der Waals surface area (Å²) in [6, 6.07) is 5.78. The fraction of sp³-hybridized carbons (Fsp3) is 0.625. The first-order valence-corrected chi connectivity index (χ1v) is 9.61. The van der Waals surface area contributed by atoms with Crippen LogP contribution in [0, 0.1) is 5.82 Å². The van der Waals surface area contributed by atoms with Gasteiger partial charge in [0, 0.05) is 12.6 Å². The fourth-order valence-electron chi connectivity index (χ4n) is 2.86. The largest absolute Gasteiger partial charge is 0.387 e. The summed E-state index contributed by atoms with van der Waals surface area (Å²) in [5.41, 5.74) is 0.656. The van der Waals surface area contributed by atoms with Gasteiger partial charge >= 0.3 is 0 Å². The highest BCUT2D eigenvalue weighted by Gasteiger charge is 2.32. The van der Waals surface area contributed by atoms with Crippen molar-refractivity contribution >= 4 is 9.84 Å². The molecule has 0 radical (unpaired) electrons. The molecular formula is C16H24FNO3S. The van der Waals surface area contributed by atoms with Crippen LogP contribution >= 0.6 is 0 Å². The molecule has 0 saturated carbocycles. The Bertz CT molecular complexity index is 574. The van der Waals surface area contributed by atoms with Crippen molar-refractivity contribution in [2.75, 3.05) is 24.6 Å². The van der Waals surface area contributed by atoms with Crippen LogP contribution < -0.4 is 0 Å². The summed E-state index contributed by atoms with van der Waals surface area (Å²) in [7, 11) is -2.94. The molecule has 124 valence electrons. The summed E-state index contributed by atoms with van der Waals surface area (Å²) in [6.07, 6.45) is 1.87. The number of unbranched alkanes of at least 4 members (excludes halogenated alkanes) is 1. The SMILES string of the molecule is CCCCN(CC(O)c1ccc(F)cc1)C1CCS(=O)(=O)C1. The number of benzene rings is 1. The lowest BCUT2D eigenvalue weighted by molar-refractivity contribution is 0.0915. The van der Waals surface area contributed by atoms with Crippen molar-refractivity contribution in [3.8, 4) is 0 Å². The normalized spacial score (nSPS) is 22.1. The number of aliphatic hydroxyl groups is 1. The zero-order valence-electron chi connectivity index (χ0n) is 12.9. The van der Waals surface area contributed by atoms with E-state index in [9.17, 15) is 17.9 Å². The van der Waals surface area contributed by atoms with E-state index in [1.54, 1.807) is 12.1 Å². The topological polar surface area (TPSA) is 57.6 Å². The van der Waals surface area contributed by atoms with Crippen molar-refractivity contribution in [2.45, 2.75) is 38.3 Å². The van der Waals surface area contributed by atoms with Gasteiger partial charge in [-0.3, -0.25) is 4.90 Å². The maximum atomic E-state index is 13.0. The molecule has 1 heterocycles. The molecule has 2 rings (SSSR count). The number of halogens is 1. The molecule has 0 bridgehead atoms. The van der Waals surface area contributed by atoms with Crippen LogP contribution in [0.3, 0.4) is 0 Å². The van der Waals surface area contributed by atoms with Crippen molar-refractivity contribution in [2.24, 2.45) is 0 Å².